The fourth-order valence-corrected chi connectivity index (χ4v) is 5.72. The number of thiazole rings is 1. The summed E-state index contributed by atoms with van der Waals surface area (Å²) in [7, 11) is 0. The van der Waals surface area contributed by atoms with Crippen molar-refractivity contribution >= 4 is 45.9 Å². The zero-order valence-corrected chi connectivity index (χ0v) is 25.9. The van der Waals surface area contributed by atoms with Crippen LogP contribution in [0.4, 0.5) is 23.4 Å². The van der Waals surface area contributed by atoms with Crippen LogP contribution in [0.3, 0.4) is 0 Å². The molecule has 3 amide bonds. The molecule has 1 aliphatic rings. The Hall–Kier alpha value is -3.57. The first-order chi connectivity index (χ1) is 19.7. The number of amides is 3. The molecule has 3 aromatic rings. The Labute approximate surface area is 253 Å². The van der Waals surface area contributed by atoms with Gasteiger partial charge in [-0.3, -0.25) is 5.32 Å². The Kier molecular flexibility index (Phi) is 9.52. The standard InChI is InChI=1S/C30H34ClF2N5O3S/c1-17(2)25-27(42-16-34-25)36-28(39)35-26(38-12-11-37(15-18(38)3)29(40)41-30(4,5)6)21-13-22(31)20(14-24(21)33)19-9-7-8-10-23(19)32/h7-10,13-14,16-18H,11-12,15H2,1-6H3,(H,36,39)/b35-26+. The summed E-state index contributed by atoms with van der Waals surface area (Å²) in [5, 5.41) is 3.41. The van der Waals surface area contributed by atoms with Gasteiger partial charge in [0.1, 0.15) is 28.1 Å². The maximum absolute atomic E-state index is 15.9. The van der Waals surface area contributed by atoms with E-state index in [2.05, 4.69) is 15.3 Å². The number of amidine groups is 1. The molecule has 42 heavy (non-hydrogen) atoms. The van der Waals surface area contributed by atoms with E-state index in [1.807, 2.05) is 20.8 Å². The van der Waals surface area contributed by atoms with Crippen LogP contribution in [0.1, 0.15) is 58.7 Å². The summed E-state index contributed by atoms with van der Waals surface area (Å²) in [6, 6.07) is 7.36. The fourth-order valence-electron chi connectivity index (χ4n) is 4.63. The van der Waals surface area contributed by atoms with Gasteiger partial charge >= 0.3 is 12.1 Å². The third kappa shape index (κ3) is 7.25. The molecule has 1 saturated heterocycles. The first kappa shape index (κ1) is 31.4. The van der Waals surface area contributed by atoms with Gasteiger partial charge in [-0.25, -0.2) is 23.4 Å². The molecule has 4 rings (SSSR count). The van der Waals surface area contributed by atoms with Crippen molar-refractivity contribution in [2.75, 3.05) is 25.0 Å². The molecule has 224 valence electrons. The molecule has 0 spiro atoms. The molecule has 0 bridgehead atoms. The molecule has 0 radical (unpaired) electrons. The van der Waals surface area contributed by atoms with Crippen molar-refractivity contribution in [1.82, 2.24) is 14.8 Å². The highest BCUT2D eigenvalue weighted by Gasteiger charge is 2.33. The van der Waals surface area contributed by atoms with Crippen LogP contribution in [0.5, 0.6) is 0 Å². The van der Waals surface area contributed by atoms with Crippen LogP contribution < -0.4 is 5.32 Å². The number of halogens is 3. The molecule has 2 aromatic carbocycles. The summed E-state index contributed by atoms with van der Waals surface area (Å²) in [6.07, 6.45) is -0.458. The van der Waals surface area contributed by atoms with Gasteiger partial charge in [-0.1, -0.05) is 43.6 Å². The van der Waals surface area contributed by atoms with E-state index in [4.69, 9.17) is 16.3 Å². The fraction of sp³-hybridized carbons (Fsp3) is 0.400. The van der Waals surface area contributed by atoms with Crippen LogP contribution in [0.2, 0.25) is 5.02 Å². The maximum atomic E-state index is 15.9. The van der Waals surface area contributed by atoms with E-state index in [0.29, 0.717) is 10.7 Å². The highest BCUT2D eigenvalue weighted by molar-refractivity contribution is 7.14. The number of nitrogens with zero attached hydrogens (tertiary/aromatic N) is 4. The van der Waals surface area contributed by atoms with Crippen molar-refractivity contribution < 1.29 is 23.1 Å². The summed E-state index contributed by atoms with van der Waals surface area (Å²) in [6.45, 7) is 11.9. The van der Waals surface area contributed by atoms with Gasteiger partial charge in [0.2, 0.25) is 0 Å². The Balaban J connectivity index is 1.72. The Morgan fingerprint density at radius 2 is 1.86 bits per heavy atom. The van der Waals surface area contributed by atoms with E-state index in [9.17, 15) is 14.0 Å². The Bertz CT molecular complexity index is 1500. The van der Waals surface area contributed by atoms with E-state index < -0.39 is 29.4 Å². The molecule has 8 nitrogen and oxygen atoms in total. The molecule has 1 atom stereocenters. The highest BCUT2D eigenvalue weighted by Crippen LogP contribution is 2.33. The normalized spacial score (nSPS) is 16.1. The van der Waals surface area contributed by atoms with E-state index in [1.165, 1.54) is 35.6 Å². The second-order valence-corrected chi connectivity index (χ2v) is 12.6. The SMILES string of the molecule is CC(C)c1ncsc1NC(=O)/N=C(\c1cc(Cl)c(-c2ccccc2F)cc1F)N1CCN(C(=O)OC(C)(C)C)CC1C. The molecule has 1 unspecified atom stereocenters. The van der Waals surface area contributed by atoms with Gasteiger partial charge in [-0.2, -0.15) is 4.99 Å². The first-order valence-electron chi connectivity index (χ1n) is 13.6. The number of ether oxygens (including phenoxy) is 1. The molecule has 12 heteroatoms. The quantitative estimate of drug-likeness (QED) is 0.239. The monoisotopic (exact) mass is 617 g/mol. The van der Waals surface area contributed by atoms with E-state index in [-0.39, 0.29) is 59.1 Å². The number of hydrogen-bond acceptors (Lipinski definition) is 5. The van der Waals surface area contributed by atoms with Gasteiger partial charge in [0.25, 0.3) is 0 Å². The van der Waals surface area contributed by atoms with Crippen LogP contribution in [0.15, 0.2) is 46.9 Å². The number of aliphatic imine (C=N–C) groups is 1. The molecule has 0 aliphatic carbocycles. The van der Waals surface area contributed by atoms with Gasteiger partial charge in [0.15, 0.2) is 0 Å². The number of rotatable bonds is 4. The second-order valence-electron chi connectivity index (χ2n) is 11.3. The van der Waals surface area contributed by atoms with Crippen molar-refractivity contribution in [3.8, 4) is 11.1 Å². The summed E-state index contributed by atoms with van der Waals surface area (Å²) >= 11 is 7.84. The summed E-state index contributed by atoms with van der Waals surface area (Å²) < 4.78 is 35.9. The predicted octanol–water partition coefficient (Wildman–Crippen LogP) is 7.79. The molecule has 1 N–H and O–H groups in total. The van der Waals surface area contributed by atoms with E-state index in [1.54, 1.807) is 42.1 Å². The molecular weight excluding hydrogens is 584 g/mol. The van der Waals surface area contributed by atoms with Gasteiger partial charge < -0.3 is 14.5 Å². The predicted molar refractivity (Wildman–Crippen MR) is 163 cm³/mol. The minimum absolute atomic E-state index is 0.0267. The minimum atomic E-state index is -0.730. The number of urea groups is 1. The lowest BCUT2D eigenvalue weighted by Gasteiger charge is -2.41. The van der Waals surface area contributed by atoms with Crippen LogP contribution >= 0.6 is 22.9 Å². The molecule has 1 aromatic heterocycles. The number of piperazine rings is 1. The molecular formula is C30H34ClF2N5O3S. The third-order valence-corrected chi connectivity index (χ3v) is 7.65. The molecule has 1 aliphatic heterocycles. The average Bonchev–Trinajstić information content (AvgIpc) is 3.36. The summed E-state index contributed by atoms with van der Waals surface area (Å²) in [5.74, 6) is -1.17. The lowest BCUT2D eigenvalue weighted by Crippen LogP contribution is -2.56. The highest BCUT2D eigenvalue weighted by atomic mass is 35.5. The molecule has 1 fully saturated rings. The summed E-state index contributed by atoms with van der Waals surface area (Å²) in [5.41, 5.74) is 1.99. The van der Waals surface area contributed by atoms with E-state index in [0.717, 1.165) is 6.07 Å². The second kappa shape index (κ2) is 12.7. The molecule has 2 heterocycles. The van der Waals surface area contributed by atoms with Crippen molar-refractivity contribution in [2.45, 2.75) is 59.1 Å². The number of nitrogens with one attached hydrogen (secondary N) is 1. The van der Waals surface area contributed by atoms with Crippen LogP contribution in [-0.4, -0.2) is 64.0 Å². The third-order valence-electron chi connectivity index (χ3n) is 6.58. The largest absolute Gasteiger partial charge is 0.444 e. The van der Waals surface area contributed by atoms with Gasteiger partial charge in [-0.05, 0) is 51.8 Å². The number of benzene rings is 2. The molecule has 0 saturated carbocycles. The van der Waals surface area contributed by atoms with Crippen molar-refractivity contribution in [2.24, 2.45) is 4.99 Å². The van der Waals surface area contributed by atoms with Gasteiger partial charge in [0.05, 0.1) is 16.8 Å². The topological polar surface area (TPSA) is 87.1 Å². The lowest BCUT2D eigenvalue weighted by molar-refractivity contribution is 0.0133. The lowest BCUT2D eigenvalue weighted by atomic mass is 10.0. The number of carbonyl (C=O) groups excluding carboxylic acids is 2. The number of aromatic nitrogens is 1. The first-order valence-corrected chi connectivity index (χ1v) is 14.8. The minimum Gasteiger partial charge on any atom is -0.444 e. The zero-order chi connectivity index (χ0) is 30.8. The van der Waals surface area contributed by atoms with Crippen molar-refractivity contribution in [3.05, 3.63) is 69.8 Å². The Morgan fingerprint density at radius 3 is 2.50 bits per heavy atom. The van der Waals surface area contributed by atoms with Crippen LogP contribution in [0.25, 0.3) is 11.1 Å². The smallest absolute Gasteiger partial charge is 0.410 e. The number of anilines is 1. The summed E-state index contributed by atoms with van der Waals surface area (Å²) in [4.78, 5) is 37.9. The Morgan fingerprint density at radius 1 is 1.14 bits per heavy atom. The van der Waals surface area contributed by atoms with Crippen molar-refractivity contribution in [3.63, 3.8) is 0 Å². The average molecular weight is 618 g/mol. The number of carbonyl (C=O) groups is 2. The maximum Gasteiger partial charge on any atom is 0.410 e. The van der Waals surface area contributed by atoms with Crippen LogP contribution in [0, 0.1) is 11.6 Å². The van der Waals surface area contributed by atoms with Crippen molar-refractivity contribution in [1.29, 1.82) is 0 Å². The van der Waals surface area contributed by atoms with Crippen LogP contribution in [-0.2, 0) is 4.74 Å². The van der Waals surface area contributed by atoms with Gasteiger partial charge in [-0.15, -0.1) is 11.3 Å². The van der Waals surface area contributed by atoms with Gasteiger partial charge in [0, 0.05) is 41.8 Å². The number of hydrogen-bond donors (Lipinski definition) is 1. The van der Waals surface area contributed by atoms with E-state index >= 15 is 4.39 Å². The zero-order valence-electron chi connectivity index (χ0n) is 24.4.